The molecule has 10 heteroatoms. The van der Waals surface area contributed by atoms with E-state index in [1.54, 1.807) is 12.1 Å². The lowest BCUT2D eigenvalue weighted by Gasteiger charge is -2.29. The number of unbranched alkanes of at least 4 members (excludes halogenated alkanes) is 4. The maximum atomic E-state index is 12.8. The van der Waals surface area contributed by atoms with Gasteiger partial charge in [-0.25, -0.2) is 19.2 Å². The molecule has 1 aliphatic carbocycles. The molecule has 0 bridgehead atoms. The molecule has 2 fully saturated rings. The second kappa shape index (κ2) is 17.7. The van der Waals surface area contributed by atoms with Gasteiger partial charge in [0.05, 0.1) is 12.2 Å². The molecule has 1 heterocycles. The first-order valence-corrected chi connectivity index (χ1v) is 17.3. The number of carbonyl (C=O) groups is 4. The number of carboxylic acids is 2. The van der Waals surface area contributed by atoms with Crippen LogP contribution < -0.4 is 4.74 Å². The van der Waals surface area contributed by atoms with Gasteiger partial charge in [-0.15, -0.1) is 0 Å². The quantitative estimate of drug-likeness (QED) is 0.0662. The Morgan fingerprint density at radius 3 is 1.82 bits per heavy atom. The summed E-state index contributed by atoms with van der Waals surface area (Å²) >= 11 is 0. The van der Waals surface area contributed by atoms with Crippen molar-refractivity contribution < 1.29 is 48.3 Å². The molecule has 0 aromatic heterocycles. The Kier molecular flexibility index (Phi) is 12.9. The molecular weight excluding hydrogens is 640 g/mol. The molecule has 1 aliphatic heterocycles. The van der Waals surface area contributed by atoms with E-state index in [0.717, 1.165) is 29.9 Å². The summed E-state index contributed by atoms with van der Waals surface area (Å²) in [6, 6.07) is 22.0. The van der Waals surface area contributed by atoms with E-state index in [0.29, 0.717) is 23.7 Å². The Labute approximate surface area is 292 Å². The van der Waals surface area contributed by atoms with Crippen molar-refractivity contribution in [1.82, 2.24) is 0 Å². The van der Waals surface area contributed by atoms with Gasteiger partial charge in [0.2, 0.25) is 0 Å². The van der Waals surface area contributed by atoms with Gasteiger partial charge in [-0.1, -0.05) is 87.2 Å². The molecule has 50 heavy (non-hydrogen) atoms. The average Bonchev–Trinajstić information content (AvgIpc) is 3.60. The Bertz CT molecular complexity index is 1580. The molecule has 5 rings (SSSR count). The predicted octanol–water partition coefficient (Wildman–Crippen LogP) is 7.87. The van der Waals surface area contributed by atoms with Crippen LogP contribution in [0, 0.1) is 5.92 Å². The number of esters is 2. The highest BCUT2D eigenvalue weighted by Crippen LogP contribution is 2.38. The molecule has 10 nitrogen and oxygen atoms in total. The second-order valence-corrected chi connectivity index (χ2v) is 12.9. The van der Waals surface area contributed by atoms with E-state index in [1.165, 1.54) is 87.3 Å². The Hall–Kier alpha value is -4.80. The predicted molar refractivity (Wildman–Crippen MR) is 185 cm³/mol. The van der Waals surface area contributed by atoms with Gasteiger partial charge >= 0.3 is 23.9 Å². The third-order valence-corrected chi connectivity index (χ3v) is 9.52. The van der Waals surface area contributed by atoms with Gasteiger partial charge in [0.25, 0.3) is 0 Å². The fourth-order valence-corrected chi connectivity index (χ4v) is 6.66. The Morgan fingerprint density at radius 1 is 0.700 bits per heavy atom. The molecule has 2 N–H and O–H groups in total. The van der Waals surface area contributed by atoms with Gasteiger partial charge < -0.3 is 29.2 Å². The van der Waals surface area contributed by atoms with Crippen LogP contribution in [0.25, 0.3) is 11.1 Å². The van der Waals surface area contributed by atoms with Crippen LogP contribution in [0.1, 0.15) is 97.9 Å². The second-order valence-electron chi connectivity index (χ2n) is 12.9. The lowest BCUT2D eigenvalue weighted by atomic mass is 9.77. The normalized spacial score (nSPS) is 21.6. The topological polar surface area (TPSA) is 146 Å². The summed E-state index contributed by atoms with van der Waals surface area (Å²) in [5, 5.41) is 18.4. The molecule has 2 aliphatic rings. The van der Waals surface area contributed by atoms with Crippen LogP contribution >= 0.6 is 0 Å². The first-order valence-electron chi connectivity index (χ1n) is 17.3. The molecule has 0 spiro atoms. The number of hydrogen-bond acceptors (Lipinski definition) is 8. The lowest BCUT2D eigenvalue weighted by molar-refractivity contribution is -0.156. The molecular formula is C40H44O10. The van der Waals surface area contributed by atoms with Gasteiger partial charge in [0.1, 0.15) is 5.75 Å². The molecule has 3 aromatic rings. The smallest absolute Gasteiger partial charge is 0.343 e. The maximum Gasteiger partial charge on any atom is 0.343 e. The molecule has 1 saturated carbocycles. The summed E-state index contributed by atoms with van der Waals surface area (Å²) in [5.74, 6) is -2.08. The minimum atomic E-state index is -1.63. The van der Waals surface area contributed by atoms with Crippen molar-refractivity contribution in [1.29, 1.82) is 0 Å². The van der Waals surface area contributed by atoms with Crippen LogP contribution in [0.4, 0.5) is 0 Å². The number of carbonyl (C=O) groups excluding carboxylic acids is 2. The molecule has 3 aromatic carbocycles. The molecule has 264 valence electrons. The fraction of sp³-hybridized carbons (Fsp3) is 0.400. The molecule has 0 radical (unpaired) electrons. The lowest BCUT2D eigenvalue weighted by Crippen LogP contribution is -2.36. The minimum absolute atomic E-state index is 0.257. The van der Waals surface area contributed by atoms with Crippen LogP contribution in [0.2, 0.25) is 0 Å². The first-order chi connectivity index (χ1) is 24.2. The van der Waals surface area contributed by atoms with Crippen molar-refractivity contribution in [2.45, 2.75) is 88.6 Å². The van der Waals surface area contributed by atoms with E-state index in [-0.39, 0.29) is 11.7 Å². The standard InChI is InChI=1S/C40H44O10/c1-2-34(41)47-25-7-5-3-4-6-8-26-9-11-27(12-10-26)28-13-15-29(16-14-28)30-17-19-31(20-18-30)39(46)48-33-23-21-32(22-24-33)40-49-35(37(42)43)36(50-40)38(44)45/h2,13-24,26-27,35-36,40H,1,3-12,25H2,(H,42,43)(H,44,45). The third kappa shape index (κ3) is 9.89. The highest BCUT2D eigenvalue weighted by molar-refractivity contribution is 5.91. The van der Waals surface area contributed by atoms with E-state index in [1.807, 2.05) is 12.1 Å². The van der Waals surface area contributed by atoms with Crippen LogP contribution in [-0.2, 0) is 28.6 Å². The van der Waals surface area contributed by atoms with Crippen LogP contribution in [-0.4, -0.2) is 52.9 Å². The highest BCUT2D eigenvalue weighted by Gasteiger charge is 2.46. The van der Waals surface area contributed by atoms with Gasteiger partial charge in [-0.05, 0) is 84.9 Å². The van der Waals surface area contributed by atoms with E-state index in [2.05, 4.69) is 30.8 Å². The average molecular weight is 685 g/mol. The summed E-state index contributed by atoms with van der Waals surface area (Å²) in [5.41, 5.74) is 4.22. The molecule has 1 saturated heterocycles. The maximum absolute atomic E-state index is 12.8. The SMILES string of the molecule is C=CC(=O)OCCCCCCCC1CCC(c2ccc(-c3ccc(C(=O)Oc4ccc(C5OC(C(=O)O)C(C(=O)O)O5)cc4)cc3)cc2)CC1. The summed E-state index contributed by atoms with van der Waals surface area (Å²) in [6.45, 7) is 3.89. The monoisotopic (exact) mass is 684 g/mol. The van der Waals surface area contributed by atoms with Crippen molar-refractivity contribution >= 4 is 23.9 Å². The van der Waals surface area contributed by atoms with E-state index in [9.17, 15) is 29.4 Å². The van der Waals surface area contributed by atoms with Crippen molar-refractivity contribution in [3.63, 3.8) is 0 Å². The number of hydrogen-bond donors (Lipinski definition) is 2. The highest BCUT2D eigenvalue weighted by atomic mass is 16.7. The number of benzene rings is 3. The molecule has 2 unspecified atom stereocenters. The molecule has 2 atom stereocenters. The zero-order valence-electron chi connectivity index (χ0n) is 28.0. The van der Waals surface area contributed by atoms with Crippen molar-refractivity contribution in [3.05, 3.63) is 102 Å². The summed E-state index contributed by atoms with van der Waals surface area (Å²) in [7, 11) is 0. The fourth-order valence-electron chi connectivity index (χ4n) is 6.66. The third-order valence-electron chi connectivity index (χ3n) is 9.52. The first kappa shape index (κ1) is 36.5. The van der Waals surface area contributed by atoms with E-state index in [4.69, 9.17) is 18.9 Å². The van der Waals surface area contributed by atoms with Crippen LogP contribution in [0.5, 0.6) is 5.75 Å². The molecule has 0 amide bonds. The largest absolute Gasteiger partial charge is 0.479 e. The summed E-state index contributed by atoms with van der Waals surface area (Å²) < 4.78 is 21.1. The van der Waals surface area contributed by atoms with E-state index < -0.39 is 36.4 Å². The van der Waals surface area contributed by atoms with Gasteiger partial charge in [-0.2, -0.15) is 0 Å². The number of aliphatic carboxylic acids is 2. The number of rotatable bonds is 16. The summed E-state index contributed by atoms with van der Waals surface area (Å²) in [4.78, 5) is 46.5. The summed E-state index contributed by atoms with van der Waals surface area (Å²) in [6.07, 6.45) is 8.74. The van der Waals surface area contributed by atoms with Gasteiger partial charge in [0, 0.05) is 11.6 Å². The van der Waals surface area contributed by atoms with Crippen molar-refractivity contribution in [2.75, 3.05) is 6.61 Å². The zero-order valence-corrected chi connectivity index (χ0v) is 28.0. The van der Waals surface area contributed by atoms with Gasteiger partial charge in [-0.3, -0.25) is 0 Å². The van der Waals surface area contributed by atoms with Crippen molar-refractivity contribution in [3.8, 4) is 16.9 Å². The van der Waals surface area contributed by atoms with E-state index >= 15 is 0 Å². The number of ether oxygens (including phenoxy) is 4. The van der Waals surface area contributed by atoms with Crippen molar-refractivity contribution in [2.24, 2.45) is 5.92 Å². The zero-order chi connectivity index (χ0) is 35.5. The number of carboxylic acid groups (broad SMARTS) is 2. The minimum Gasteiger partial charge on any atom is -0.479 e. The van der Waals surface area contributed by atoms with Gasteiger partial charge in [0.15, 0.2) is 18.5 Å². The van der Waals surface area contributed by atoms with Crippen LogP contribution in [0.3, 0.4) is 0 Å². The Balaban J connectivity index is 1.03. The Morgan fingerprint density at radius 2 is 1.24 bits per heavy atom. The van der Waals surface area contributed by atoms with Crippen LogP contribution in [0.15, 0.2) is 85.5 Å².